The Morgan fingerprint density at radius 3 is 2.61 bits per heavy atom. The van der Waals surface area contributed by atoms with Crippen molar-refractivity contribution in [3.63, 3.8) is 0 Å². The SMILES string of the molecule is O=C(O)c1ccc(/C=N/NC(=O)c2cccc3ccccc23)s1. The number of aromatic carboxylic acids is 1. The molecule has 5 nitrogen and oxygen atoms in total. The quantitative estimate of drug-likeness (QED) is 0.570. The second-order valence-electron chi connectivity index (χ2n) is 4.73. The molecule has 3 aromatic rings. The number of benzene rings is 2. The van der Waals surface area contributed by atoms with Crippen LogP contribution < -0.4 is 5.43 Å². The zero-order valence-electron chi connectivity index (χ0n) is 11.9. The van der Waals surface area contributed by atoms with Crippen LogP contribution in [0.3, 0.4) is 0 Å². The second-order valence-corrected chi connectivity index (χ2v) is 5.85. The molecule has 0 saturated heterocycles. The number of nitrogens with one attached hydrogen (secondary N) is 1. The van der Waals surface area contributed by atoms with Gasteiger partial charge in [-0.25, -0.2) is 10.2 Å². The molecule has 0 unspecified atom stereocenters. The summed E-state index contributed by atoms with van der Waals surface area (Å²) in [6.45, 7) is 0. The molecule has 2 aromatic carbocycles. The first-order chi connectivity index (χ1) is 11.1. The van der Waals surface area contributed by atoms with Gasteiger partial charge in [0.25, 0.3) is 5.91 Å². The van der Waals surface area contributed by atoms with E-state index in [-0.39, 0.29) is 10.8 Å². The van der Waals surface area contributed by atoms with Crippen molar-refractivity contribution in [2.45, 2.75) is 0 Å². The van der Waals surface area contributed by atoms with Gasteiger partial charge in [-0.2, -0.15) is 5.10 Å². The molecule has 0 atom stereocenters. The number of thiophene rings is 1. The molecule has 1 heterocycles. The van der Waals surface area contributed by atoms with Gasteiger partial charge in [-0.3, -0.25) is 4.79 Å². The van der Waals surface area contributed by atoms with Crippen LogP contribution in [0.25, 0.3) is 10.8 Å². The van der Waals surface area contributed by atoms with Gasteiger partial charge >= 0.3 is 5.97 Å². The number of rotatable bonds is 4. The first-order valence-corrected chi connectivity index (χ1v) is 7.61. The Labute approximate surface area is 135 Å². The molecular weight excluding hydrogens is 312 g/mol. The number of fused-ring (bicyclic) bond motifs is 1. The van der Waals surface area contributed by atoms with Gasteiger partial charge in [0.2, 0.25) is 0 Å². The highest BCUT2D eigenvalue weighted by Gasteiger charge is 2.09. The predicted molar refractivity (Wildman–Crippen MR) is 90.3 cm³/mol. The average Bonchev–Trinajstić information content (AvgIpc) is 3.03. The molecule has 0 bridgehead atoms. The van der Waals surface area contributed by atoms with E-state index >= 15 is 0 Å². The molecular formula is C17H12N2O3S. The summed E-state index contributed by atoms with van der Waals surface area (Å²) in [5, 5.41) is 14.6. The van der Waals surface area contributed by atoms with Crippen LogP contribution in [0.1, 0.15) is 24.9 Å². The van der Waals surface area contributed by atoms with Gasteiger partial charge in [0.15, 0.2) is 0 Å². The second kappa shape index (κ2) is 6.41. The minimum atomic E-state index is -0.977. The van der Waals surface area contributed by atoms with Crippen LogP contribution >= 0.6 is 11.3 Å². The van der Waals surface area contributed by atoms with Crippen molar-refractivity contribution in [1.29, 1.82) is 0 Å². The molecule has 1 amide bonds. The van der Waals surface area contributed by atoms with Crippen LogP contribution in [0.4, 0.5) is 0 Å². The summed E-state index contributed by atoms with van der Waals surface area (Å²) < 4.78 is 0. The molecule has 1 aromatic heterocycles. The summed E-state index contributed by atoms with van der Waals surface area (Å²) >= 11 is 1.09. The van der Waals surface area contributed by atoms with Crippen molar-refractivity contribution in [2.75, 3.05) is 0 Å². The standard InChI is InChI=1S/C17H12N2O3S/c20-16(14-7-3-5-11-4-1-2-6-13(11)14)19-18-10-12-8-9-15(23-12)17(21)22/h1-10H,(H,19,20)(H,21,22)/b18-10+. The highest BCUT2D eigenvalue weighted by Crippen LogP contribution is 2.18. The maximum Gasteiger partial charge on any atom is 0.345 e. The highest BCUT2D eigenvalue weighted by molar-refractivity contribution is 7.15. The third-order valence-electron chi connectivity index (χ3n) is 3.23. The lowest BCUT2D eigenvalue weighted by atomic mass is 10.0. The highest BCUT2D eigenvalue weighted by atomic mass is 32.1. The van der Waals surface area contributed by atoms with Crippen molar-refractivity contribution >= 4 is 40.2 Å². The van der Waals surface area contributed by atoms with Crippen molar-refractivity contribution < 1.29 is 14.7 Å². The fourth-order valence-electron chi connectivity index (χ4n) is 2.18. The zero-order valence-corrected chi connectivity index (χ0v) is 12.7. The number of amides is 1. The molecule has 23 heavy (non-hydrogen) atoms. The van der Waals surface area contributed by atoms with E-state index in [0.717, 1.165) is 22.1 Å². The van der Waals surface area contributed by atoms with E-state index in [1.54, 1.807) is 12.1 Å². The monoisotopic (exact) mass is 324 g/mol. The van der Waals surface area contributed by atoms with Gasteiger partial charge in [0.1, 0.15) is 4.88 Å². The number of hydrazone groups is 1. The third-order valence-corrected chi connectivity index (χ3v) is 4.24. The molecule has 0 aliphatic rings. The van der Waals surface area contributed by atoms with Crippen molar-refractivity contribution in [1.82, 2.24) is 5.43 Å². The molecule has 0 radical (unpaired) electrons. The maximum absolute atomic E-state index is 12.2. The minimum Gasteiger partial charge on any atom is -0.477 e. The summed E-state index contributed by atoms with van der Waals surface area (Å²) in [5.41, 5.74) is 3.01. The molecule has 0 spiro atoms. The topological polar surface area (TPSA) is 78.8 Å². The van der Waals surface area contributed by atoms with Crippen molar-refractivity contribution in [2.24, 2.45) is 5.10 Å². The third kappa shape index (κ3) is 3.27. The van der Waals surface area contributed by atoms with E-state index in [0.29, 0.717) is 10.4 Å². The molecule has 6 heteroatoms. The maximum atomic E-state index is 12.2. The molecule has 0 saturated carbocycles. The van der Waals surface area contributed by atoms with E-state index in [2.05, 4.69) is 10.5 Å². The molecule has 0 aliphatic heterocycles. The molecule has 3 rings (SSSR count). The lowest BCUT2D eigenvalue weighted by Crippen LogP contribution is -2.17. The van der Waals surface area contributed by atoms with E-state index in [9.17, 15) is 9.59 Å². The van der Waals surface area contributed by atoms with Crippen molar-refractivity contribution in [3.8, 4) is 0 Å². The van der Waals surface area contributed by atoms with Crippen LogP contribution in [0, 0.1) is 0 Å². The van der Waals surface area contributed by atoms with Gasteiger partial charge in [0.05, 0.1) is 6.21 Å². The Bertz CT molecular complexity index is 910. The Kier molecular flexibility index (Phi) is 4.16. The van der Waals surface area contributed by atoms with E-state index in [4.69, 9.17) is 5.11 Å². The van der Waals surface area contributed by atoms with Crippen LogP contribution in [-0.2, 0) is 0 Å². The fraction of sp³-hybridized carbons (Fsp3) is 0. The van der Waals surface area contributed by atoms with Gasteiger partial charge in [-0.1, -0.05) is 36.4 Å². The van der Waals surface area contributed by atoms with Gasteiger partial charge in [0, 0.05) is 10.4 Å². The van der Waals surface area contributed by atoms with E-state index < -0.39 is 5.97 Å². The zero-order chi connectivity index (χ0) is 16.2. The Balaban J connectivity index is 1.75. The Hall–Kier alpha value is -2.99. The van der Waals surface area contributed by atoms with Crippen LogP contribution in [-0.4, -0.2) is 23.2 Å². The lowest BCUT2D eigenvalue weighted by molar-refractivity contribution is 0.0702. The fourth-order valence-corrected chi connectivity index (χ4v) is 2.89. The van der Waals surface area contributed by atoms with Gasteiger partial charge < -0.3 is 5.11 Å². The molecule has 114 valence electrons. The summed E-state index contributed by atoms with van der Waals surface area (Å²) in [5.74, 6) is -1.29. The smallest absolute Gasteiger partial charge is 0.345 e. The van der Waals surface area contributed by atoms with Crippen LogP contribution in [0.2, 0.25) is 0 Å². The first-order valence-electron chi connectivity index (χ1n) is 6.79. The van der Waals surface area contributed by atoms with E-state index in [1.807, 2.05) is 36.4 Å². The summed E-state index contributed by atoms with van der Waals surface area (Å²) in [4.78, 5) is 23.9. The number of hydrogen-bond acceptors (Lipinski definition) is 4. The van der Waals surface area contributed by atoms with Crippen molar-refractivity contribution in [3.05, 3.63) is 69.9 Å². The van der Waals surface area contributed by atoms with Gasteiger partial charge in [-0.05, 0) is 29.0 Å². The largest absolute Gasteiger partial charge is 0.477 e. The summed E-state index contributed by atoms with van der Waals surface area (Å²) in [6, 6.07) is 16.2. The number of carboxylic acid groups (broad SMARTS) is 1. The Morgan fingerprint density at radius 1 is 1.04 bits per heavy atom. The summed E-state index contributed by atoms with van der Waals surface area (Å²) in [7, 11) is 0. The molecule has 0 aliphatic carbocycles. The van der Waals surface area contributed by atoms with Crippen LogP contribution in [0.15, 0.2) is 59.7 Å². The average molecular weight is 324 g/mol. The van der Waals surface area contributed by atoms with Gasteiger partial charge in [-0.15, -0.1) is 11.3 Å². The first kappa shape index (κ1) is 14.9. The Morgan fingerprint density at radius 2 is 1.83 bits per heavy atom. The molecule has 2 N–H and O–H groups in total. The minimum absolute atomic E-state index is 0.229. The van der Waals surface area contributed by atoms with Crippen LogP contribution in [0.5, 0.6) is 0 Å². The number of carbonyl (C=O) groups is 2. The number of carboxylic acids is 1. The van der Waals surface area contributed by atoms with E-state index in [1.165, 1.54) is 12.3 Å². The predicted octanol–water partition coefficient (Wildman–Crippen LogP) is 3.36. The lowest BCUT2D eigenvalue weighted by Gasteiger charge is -2.04. The summed E-state index contributed by atoms with van der Waals surface area (Å²) in [6.07, 6.45) is 1.43. The number of nitrogens with zero attached hydrogens (tertiary/aromatic N) is 1. The normalized spacial score (nSPS) is 11.0. The number of carbonyl (C=O) groups excluding carboxylic acids is 1. The molecule has 0 fully saturated rings. The number of hydrogen-bond donors (Lipinski definition) is 2.